The zero-order chi connectivity index (χ0) is 14.1. The fourth-order valence-corrected chi connectivity index (χ4v) is 1.61. The van der Waals surface area contributed by atoms with Crippen molar-refractivity contribution >= 4 is 17.5 Å². The van der Waals surface area contributed by atoms with Crippen LogP contribution < -0.4 is 10.1 Å². The first-order valence-electron chi connectivity index (χ1n) is 6.38. The number of rotatable bonds is 8. The molecule has 1 amide bonds. The molecule has 0 saturated carbocycles. The zero-order valence-electron chi connectivity index (χ0n) is 11.1. The van der Waals surface area contributed by atoms with Crippen molar-refractivity contribution < 1.29 is 14.6 Å². The molecule has 0 radical (unpaired) electrons. The summed E-state index contributed by atoms with van der Waals surface area (Å²) in [6.07, 6.45) is 1.03. The second-order valence-electron chi connectivity index (χ2n) is 4.47. The van der Waals surface area contributed by atoms with Crippen LogP contribution in [0.2, 0.25) is 5.02 Å². The number of ether oxygens (including phenoxy) is 1. The number of halogens is 1. The van der Waals surface area contributed by atoms with Crippen LogP contribution in [0.15, 0.2) is 24.3 Å². The molecule has 2 N–H and O–H groups in total. The quantitative estimate of drug-likeness (QED) is 0.720. The first-order chi connectivity index (χ1) is 9.13. The summed E-state index contributed by atoms with van der Waals surface area (Å²) in [6.45, 7) is 2.91. The molecule has 0 aromatic heterocycles. The molecule has 0 fully saturated rings. The minimum Gasteiger partial charge on any atom is -0.492 e. The normalized spacial score (nSPS) is 11.9. The van der Waals surface area contributed by atoms with Crippen LogP contribution in [0.4, 0.5) is 0 Å². The molecule has 0 heterocycles. The van der Waals surface area contributed by atoms with Crippen molar-refractivity contribution in [3.05, 3.63) is 29.3 Å². The van der Waals surface area contributed by atoms with Crippen molar-refractivity contribution in [1.82, 2.24) is 5.32 Å². The predicted octanol–water partition coefficient (Wildman–Crippen LogP) is 2.24. The molecular weight excluding hydrogens is 266 g/mol. The Morgan fingerprint density at radius 1 is 1.47 bits per heavy atom. The molecule has 0 aliphatic heterocycles. The smallest absolute Gasteiger partial charge is 0.220 e. The van der Waals surface area contributed by atoms with Crippen LogP contribution in [0, 0.1) is 5.92 Å². The van der Waals surface area contributed by atoms with Crippen molar-refractivity contribution in [2.75, 3.05) is 19.8 Å². The summed E-state index contributed by atoms with van der Waals surface area (Å²) in [6, 6.07) is 7.25. The minimum absolute atomic E-state index is 0.0249. The van der Waals surface area contributed by atoms with Gasteiger partial charge in [-0.25, -0.2) is 0 Å². The van der Waals surface area contributed by atoms with E-state index in [1.165, 1.54) is 0 Å². The first-order valence-corrected chi connectivity index (χ1v) is 6.76. The average Bonchev–Trinajstić information content (AvgIpc) is 2.42. The molecule has 0 unspecified atom stereocenters. The van der Waals surface area contributed by atoms with E-state index in [1.54, 1.807) is 12.1 Å². The average molecular weight is 286 g/mol. The minimum atomic E-state index is -0.0249. The van der Waals surface area contributed by atoms with Gasteiger partial charge in [0.05, 0.1) is 11.6 Å². The van der Waals surface area contributed by atoms with Gasteiger partial charge < -0.3 is 15.2 Å². The van der Waals surface area contributed by atoms with Gasteiger partial charge in [0.1, 0.15) is 5.75 Å². The molecule has 106 valence electrons. The van der Waals surface area contributed by atoms with Gasteiger partial charge in [-0.1, -0.05) is 30.7 Å². The van der Waals surface area contributed by atoms with Crippen LogP contribution >= 0.6 is 11.6 Å². The third-order valence-corrected chi connectivity index (χ3v) is 2.91. The van der Waals surface area contributed by atoms with E-state index in [-0.39, 0.29) is 18.4 Å². The summed E-state index contributed by atoms with van der Waals surface area (Å²) in [5.41, 5.74) is 0. The molecule has 0 saturated heterocycles. The molecule has 0 aliphatic rings. The standard InChI is InChI=1S/C14H20ClNO3/c1-11(10-17)9-16-14(18)7-4-8-19-13-6-3-2-5-12(13)15/h2-3,5-6,11,17H,4,7-10H2,1H3,(H,16,18)/t11-/m1/s1. The number of aliphatic hydroxyl groups excluding tert-OH is 1. The lowest BCUT2D eigenvalue weighted by Gasteiger charge is -2.10. The van der Waals surface area contributed by atoms with Crippen LogP contribution in [0.1, 0.15) is 19.8 Å². The Morgan fingerprint density at radius 3 is 2.89 bits per heavy atom. The third-order valence-electron chi connectivity index (χ3n) is 2.60. The largest absolute Gasteiger partial charge is 0.492 e. The van der Waals surface area contributed by atoms with Crippen LogP contribution in [0.3, 0.4) is 0 Å². The Labute approximate surface area is 118 Å². The maximum absolute atomic E-state index is 11.5. The van der Waals surface area contributed by atoms with Crippen molar-refractivity contribution in [2.24, 2.45) is 5.92 Å². The van der Waals surface area contributed by atoms with Crippen molar-refractivity contribution in [3.8, 4) is 5.75 Å². The highest BCUT2D eigenvalue weighted by atomic mass is 35.5. The van der Waals surface area contributed by atoms with Crippen molar-refractivity contribution in [3.63, 3.8) is 0 Å². The lowest BCUT2D eigenvalue weighted by Crippen LogP contribution is -2.29. The molecule has 1 rings (SSSR count). The van der Waals surface area contributed by atoms with Gasteiger partial charge in [0, 0.05) is 19.6 Å². The van der Waals surface area contributed by atoms with Gasteiger partial charge in [-0.15, -0.1) is 0 Å². The fraction of sp³-hybridized carbons (Fsp3) is 0.500. The van der Waals surface area contributed by atoms with Crippen LogP contribution in [-0.2, 0) is 4.79 Å². The number of amides is 1. The molecule has 1 aromatic rings. The lowest BCUT2D eigenvalue weighted by atomic mass is 10.2. The number of nitrogens with one attached hydrogen (secondary N) is 1. The number of benzene rings is 1. The SMILES string of the molecule is C[C@@H](CO)CNC(=O)CCCOc1ccccc1Cl. The Kier molecular flexibility index (Phi) is 7.30. The molecule has 1 atom stereocenters. The van der Waals surface area contributed by atoms with E-state index in [9.17, 15) is 4.79 Å². The molecule has 5 heteroatoms. The Bertz CT molecular complexity index is 398. The summed E-state index contributed by atoms with van der Waals surface area (Å²) in [5.74, 6) is 0.699. The summed E-state index contributed by atoms with van der Waals surface area (Å²) in [7, 11) is 0. The van der Waals surface area contributed by atoms with Crippen LogP contribution in [0.5, 0.6) is 5.75 Å². The van der Waals surface area contributed by atoms with Gasteiger partial charge in [0.2, 0.25) is 5.91 Å². The van der Waals surface area contributed by atoms with Gasteiger partial charge in [-0.05, 0) is 24.5 Å². The summed E-state index contributed by atoms with van der Waals surface area (Å²) < 4.78 is 5.48. The van der Waals surface area contributed by atoms with Gasteiger partial charge in [-0.3, -0.25) is 4.79 Å². The predicted molar refractivity (Wildman–Crippen MR) is 75.4 cm³/mol. The number of hydrogen-bond donors (Lipinski definition) is 2. The van der Waals surface area contributed by atoms with Crippen LogP contribution in [0.25, 0.3) is 0 Å². The van der Waals surface area contributed by atoms with E-state index < -0.39 is 0 Å². The highest BCUT2D eigenvalue weighted by Gasteiger charge is 2.05. The number of para-hydroxylation sites is 1. The second kappa shape index (κ2) is 8.77. The Balaban J connectivity index is 2.14. The highest BCUT2D eigenvalue weighted by molar-refractivity contribution is 6.32. The highest BCUT2D eigenvalue weighted by Crippen LogP contribution is 2.23. The van der Waals surface area contributed by atoms with Crippen LogP contribution in [-0.4, -0.2) is 30.8 Å². The first kappa shape index (κ1) is 15.8. The zero-order valence-corrected chi connectivity index (χ0v) is 11.8. The van der Waals surface area contributed by atoms with E-state index >= 15 is 0 Å². The van der Waals surface area contributed by atoms with Gasteiger partial charge in [0.15, 0.2) is 0 Å². The fourth-order valence-electron chi connectivity index (χ4n) is 1.42. The lowest BCUT2D eigenvalue weighted by molar-refractivity contribution is -0.121. The second-order valence-corrected chi connectivity index (χ2v) is 4.88. The molecule has 0 bridgehead atoms. The van der Waals surface area contributed by atoms with E-state index in [4.69, 9.17) is 21.4 Å². The van der Waals surface area contributed by atoms with Gasteiger partial charge in [0.25, 0.3) is 0 Å². The summed E-state index contributed by atoms with van der Waals surface area (Å²) in [5, 5.41) is 12.2. The molecular formula is C14H20ClNO3. The van der Waals surface area contributed by atoms with E-state index in [0.717, 1.165) is 0 Å². The monoisotopic (exact) mass is 285 g/mol. The maximum Gasteiger partial charge on any atom is 0.220 e. The summed E-state index contributed by atoms with van der Waals surface area (Å²) in [4.78, 5) is 11.5. The Morgan fingerprint density at radius 2 is 2.21 bits per heavy atom. The Hall–Kier alpha value is -1.26. The molecule has 0 spiro atoms. The number of carbonyl (C=O) groups is 1. The third kappa shape index (κ3) is 6.45. The van der Waals surface area contributed by atoms with E-state index in [0.29, 0.717) is 36.8 Å². The van der Waals surface area contributed by atoms with Crippen molar-refractivity contribution in [2.45, 2.75) is 19.8 Å². The summed E-state index contributed by atoms with van der Waals surface area (Å²) >= 11 is 5.94. The molecule has 1 aromatic carbocycles. The molecule has 4 nitrogen and oxygen atoms in total. The number of carbonyl (C=O) groups excluding carboxylic acids is 1. The van der Waals surface area contributed by atoms with E-state index in [2.05, 4.69) is 5.32 Å². The number of hydrogen-bond acceptors (Lipinski definition) is 3. The topological polar surface area (TPSA) is 58.6 Å². The molecule has 19 heavy (non-hydrogen) atoms. The number of aliphatic hydroxyl groups is 1. The van der Waals surface area contributed by atoms with E-state index in [1.807, 2.05) is 19.1 Å². The molecule has 0 aliphatic carbocycles. The van der Waals surface area contributed by atoms with Gasteiger partial charge >= 0.3 is 0 Å². The van der Waals surface area contributed by atoms with Gasteiger partial charge in [-0.2, -0.15) is 0 Å². The maximum atomic E-state index is 11.5. The van der Waals surface area contributed by atoms with Crippen molar-refractivity contribution in [1.29, 1.82) is 0 Å².